The summed E-state index contributed by atoms with van der Waals surface area (Å²) in [5, 5.41) is 24.5. The Morgan fingerprint density at radius 2 is 1.97 bits per heavy atom. The molecule has 0 radical (unpaired) electrons. The van der Waals surface area contributed by atoms with Crippen LogP contribution in [0.1, 0.15) is 84.3 Å². The number of Topliss-reactive ketones (excluding diaryl/α,β-unsaturated/α-hetero) is 1. The first-order valence-electron chi connectivity index (χ1n) is 12.9. The maximum atomic E-state index is 13.2. The predicted octanol–water partition coefficient (Wildman–Crippen LogP) is 3.63. The third-order valence-electron chi connectivity index (χ3n) is 8.03. The Kier molecular flexibility index (Phi) is 9.15. The maximum Gasteiger partial charge on any atom is 0.309 e. The van der Waals surface area contributed by atoms with E-state index < -0.39 is 35.6 Å². The lowest BCUT2D eigenvalue weighted by molar-refractivity contribution is -0.154. The molecule has 0 bridgehead atoms. The van der Waals surface area contributed by atoms with Crippen molar-refractivity contribution in [1.29, 1.82) is 0 Å². The highest BCUT2D eigenvalue weighted by atomic mass is 32.1. The van der Waals surface area contributed by atoms with Gasteiger partial charge in [0.15, 0.2) is 0 Å². The van der Waals surface area contributed by atoms with Gasteiger partial charge in [-0.15, -0.1) is 11.3 Å². The van der Waals surface area contributed by atoms with E-state index in [4.69, 9.17) is 15.2 Å². The standard InChI is InChI=1S/C27H42N2O6S/c1-15-8-7-9-27(6)21(35-27)11-19(16(2)10-18-14-36-22(13-28)29-18)34-23(31)12-20(30)26(4,5)25(33)17(3)24(15)32/h10,14-15,17,19-21,24,30,32H,7-9,11-13,28H2,1-6H3/b16-10+/t15?,17-,19+,20?,21?,24+,27-/m1/s1. The van der Waals surface area contributed by atoms with Gasteiger partial charge >= 0.3 is 5.97 Å². The lowest BCUT2D eigenvalue weighted by atomic mass is 9.73. The number of hydrogen-bond donors (Lipinski definition) is 3. The van der Waals surface area contributed by atoms with E-state index in [1.807, 2.05) is 25.3 Å². The number of aliphatic hydroxyl groups excluding tert-OH is 2. The summed E-state index contributed by atoms with van der Waals surface area (Å²) in [5.41, 5.74) is 5.74. The fourth-order valence-corrected chi connectivity index (χ4v) is 5.74. The summed E-state index contributed by atoms with van der Waals surface area (Å²) in [5.74, 6) is -1.59. The zero-order valence-corrected chi connectivity index (χ0v) is 23.1. The smallest absolute Gasteiger partial charge is 0.309 e. The van der Waals surface area contributed by atoms with E-state index in [-0.39, 0.29) is 29.8 Å². The highest BCUT2D eigenvalue weighted by Crippen LogP contribution is 2.45. The van der Waals surface area contributed by atoms with Crippen LogP contribution >= 0.6 is 11.3 Å². The molecule has 8 nitrogen and oxygen atoms in total. The van der Waals surface area contributed by atoms with Crippen LogP contribution in [0.15, 0.2) is 11.0 Å². The van der Waals surface area contributed by atoms with Crippen molar-refractivity contribution in [2.24, 2.45) is 23.0 Å². The number of epoxide rings is 1. The number of ketones is 1. The molecule has 3 rings (SSSR count). The second kappa shape index (κ2) is 11.4. The summed E-state index contributed by atoms with van der Waals surface area (Å²) in [6, 6.07) is 0. The van der Waals surface area contributed by atoms with Crippen molar-refractivity contribution in [2.75, 3.05) is 0 Å². The minimum atomic E-state index is -1.24. The summed E-state index contributed by atoms with van der Waals surface area (Å²) < 4.78 is 11.9. The number of nitrogens with zero attached hydrogens (tertiary/aromatic N) is 1. The van der Waals surface area contributed by atoms with E-state index >= 15 is 0 Å². The zero-order valence-electron chi connectivity index (χ0n) is 22.3. The first-order valence-corrected chi connectivity index (χ1v) is 13.8. The summed E-state index contributed by atoms with van der Waals surface area (Å²) in [4.78, 5) is 30.7. The Morgan fingerprint density at radius 1 is 1.28 bits per heavy atom. The van der Waals surface area contributed by atoms with Crippen LogP contribution < -0.4 is 5.73 Å². The lowest BCUT2D eigenvalue weighted by Crippen LogP contribution is -2.45. The van der Waals surface area contributed by atoms with Crippen molar-refractivity contribution in [1.82, 2.24) is 4.98 Å². The van der Waals surface area contributed by atoms with Crippen LogP contribution in [0.3, 0.4) is 0 Å². The van der Waals surface area contributed by atoms with Gasteiger partial charge in [-0.1, -0.05) is 34.1 Å². The molecule has 0 aliphatic carbocycles. The van der Waals surface area contributed by atoms with E-state index in [0.29, 0.717) is 13.0 Å². The van der Waals surface area contributed by atoms with Crippen LogP contribution in [-0.2, 0) is 25.6 Å². The topological polar surface area (TPSA) is 135 Å². The van der Waals surface area contributed by atoms with Gasteiger partial charge in [0, 0.05) is 24.3 Å². The van der Waals surface area contributed by atoms with Gasteiger partial charge in [0.2, 0.25) is 0 Å². The molecule has 2 saturated heterocycles. The molecular formula is C27H42N2O6S. The minimum Gasteiger partial charge on any atom is -0.458 e. The number of carbonyl (C=O) groups is 2. The van der Waals surface area contributed by atoms with Crippen molar-refractivity contribution in [3.05, 3.63) is 21.7 Å². The number of aromatic nitrogens is 1. The third-order valence-corrected chi connectivity index (χ3v) is 8.92. The fourth-order valence-electron chi connectivity index (χ4n) is 5.11. The fraction of sp³-hybridized carbons (Fsp3) is 0.741. The van der Waals surface area contributed by atoms with Crippen molar-refractivity contribution in [3.63, 3.8) is 0 Å². The van der Waals surface area contributed by atoms with Crippen LogP contribution in [0.5, 0.6) is 0 Å². The SMILES string of the molecule is C/C(=C\c1csc(CN)n1)[C@@H]1CC2O[C@]2(C)CCCC(C)[C@H](O)[C@@H](C)C(=O)C(C)(C)C(O)CC(=O)O1. The number of carbonyl (C=O) groups excluding carboxylic acids is 2. The number of thiazole rings is 1. The van der Waals surface area contributed by atoms with Gasteiger partial charge in [-0.3, -0.25) is 9.59 Å². The molecule has 2 aliphatic heterocycles. The summed E-state index contributed by atoms with van der Waals surface area (Å²) >= 11 is 1.48. The highest BCUT2D eigenvalue weighted by Gasteiger charge is 2.53. The van der Waals surface area contributed by atoms with E-state index in [0.717, 1.165) is 35.5 Å². The molecule has 2 fully saturated rings. The molecule has 3 heterocycles. The first kappa shape index (κ1) is 28.9. The Labute approximate surface area is 218 Å². The molecule has 0 saturated carbocycles. The van der Waals surface area contributed by atoms with Crippen molar-refractivity contribution < 1.29 is 29.3 Å². The largest absolute Gasteiger partial charge is 0.458 e. The number of fused-ring (bicyclic) bond motifs is 1. The minimum absolute atomic E-state index is 0.0660. The van der Waals surface area contributed by atoms with E-state index in [2.05, 4.69) is 11.9 Å². The van der Waals surface area contributed by atoms with E-state index in [1.165, 1.54) is 11.3 Å². The highest BCUT2D eigenvalue weighted by molar-refractivity contribution is 7.09. The third kappa shape index (κ3) is 6.61. The maximum absolute atomic E-state index is 13.2. The molecule has 1 aromatic rings. The Bertz CT molecular complexity index is 975. The van der Waals surface area contributed by atoms with Gasteiger partial charge < -0.3 is 25.4 Å². The first-order chi connectivity index (χ1) is 16.8. The van der Waals surface area contributed by atoms with Crippen LogP contribution in [0.2, 0.25) is 0 Å². The second-order valence-electron chi connectivity index (χ2n) is 11.3. The molecular weight excluding hydrogens is 480 g/mol. The van der Waals surface area contributed by atoms with Crippen LogP contribution in [-0.4, -0.2) is 57.0 Å². The van der Waals surface area contributed by atoms with Gasteiger partial charge in [-0.05, 0) is 44.3 Å². The zero-order chi connectivity index (χ0) is 26.8. The molecule has 7 atom stereocenters. The monoisotopic (exact) mass is 522 g/mol. The van der Waals surface area contributed by atoms with Gasteiger partial charge in [0.05, 0.1) is 41.4 Å². The number of rotatable bonds is 3. The number of hydrogen-bond acceptors (Lipinski definition) is 9. The summed E-state index contributed by atoms with van der Waals surface area (Å²) in [6.07, 6.45) is 1.80. The van der Waals surface area contributed by atoms with Crippen molar-refractivity contribution >= 4 is 29.2 Å². The van der Waals surface area contributed by atoms with E-state index in [1.54, 1.807) is 20.8 Å². The van der Waals surface area contributed by atoms with Gasteiger partial charge in [-0.25, -0.2) is 4.98 Å². The Hall–Kier alpha value is -1.65. The lowest BCUT2D eigenvalue weighted by Gasteiger charge is -2.34. The molecule has 0 spiro atoms. The molecule has 1 aromatic heterocycles. The van der Waals surface area contributed by atoms with Crippen molar-refractivity contribution in [3.8, 4) is 0 Å². The Balaban J connectivity index is 1.85. The van der Waals surface area contributed by atoms with Gasteiger partial charge in [0.25, 0.3) is 0 Å². The van der Waals surface area contributed by atoms with Crippen LogP contribution in [0.4, 0.5) is 0 Å². The summed E-state index contributed by atoms with van der Waals surface area (Å²) in [7, 11) is 0. The molecule has 36 heavy (non-hydrogen) atoms. The van der Waals surface area contributed by atoms with Gasteiger partial charge in [0.1, 0.15) is 16.9 Å². The number of cyclic esters (lactones) is 1. The number of nitrogens with two attached hydrogens (primary N) is 1. The molecule has 3 unspecified atom stereocenters. The molecule has 9 heteroatoms. The number of aliphatic hydroxyl groups is 2. The van der Waals surface area contributed by atoms with Crippen LogP contribution in [0.25, 0.3) is 6.08 Å². The van der Waals surface area contributed by atoms with Crippen LogP contribution in [0, 0.1) is 17.3 Å². The normalized spacial score (nSPS) is 36.8. The number of esters is 1. The van der Waals surface area contributed by atoms with Gasteiger partial charge in [-0.2, -0.15) is 0 Å². The molecule has 202 valence electrons. The van der Waals surface area contributed by atoms with E-state index in [9.17, 15) is 19.8 Å². The molecule has 0 aromatic carbocycles. The quantitative estimate of drug-likeness (QED) is 0.405. The summed E-state index contributed by atoms with van der Waals surface area (Å²) in [6.45, 7) is 11.2. The molecule has 4 N–H and O–H groups in total. The Morgan fingerprint density at radius 3 is 2.61 bits per heavy atom. The number of ether oxygens (including phenoxy) is 2. The second-order valence-corrected chi connectivity index (χ2v) is 12.3. The average Bonchev–Trinajstić information content (AvgIpc) is 3.23. The predicted molar refractivity (Wildman–Crippen MR) is 139 cm³/mol. The van der Waals surface area contributed by atoms with Crippen molar-refractivity contribution in [2.45, 2.75) is 110 Å². The average molecular weight is 523 g/mol. The molecule has 0 amide bonds. The molecule has 2 aliphatic rings.